The van der Waals surface area contributed by atoms with Gasteiger partial charge in [0.25, 0.3) is 5.91 Å². The lowest BCUT2D eigenvalue weighted by Gasteiger charge is -2.31. The number of aliphatic hydroxyl groups excluding tert-OH is 1. The second-order valence-electron chi connectivity index (χ2n) is 6.87. The van der Waals surface area contributed by atoms with E-state index in [-0.39, 0.29) is 24.5 Å². The summed E-state index contributed by atoms with van der Waals surface area (Å²) in [5.74, 6) is 0.269. The van der Waals surface area contributed by atoms with Gasteiger partial charge in [-0.1, -0.05) is 28.1 Å². The summed E-state index contributed by atoms with van der Waals surface area (Å²) in [5.41, 5.74) is 1.13. The van der Waals surface area contributed by atoms with E-state index in [0.717, 1.165) is 29.3 Å². The van der Waals surface area contributed by atoms with Crippen LogP contribution in [0.15, 0.2) is 40.6 Å². The molecule has 2 N–H and O–H groups in total. The lowest BCUT2D eigenvalue weighted by atomic mass is 9.91. The first-order valence-electron chi connectivity index (χ1n) is 9.33. The van der Waals surface area contributed by atoms with Crippen molar-refractivity contribution >= 4 is 21.8 Å². The Balaban J connectivity index is 1.69. The average Bonchev–Trinajstić information content (AvgIpc) is 2.62. The van der Waals surface area contributed by atoms with Gasteiger partial charge in [0.05, 0.1) is 6.61 Å². The average molecular weight is 424 g/mol. The van der Waals surface area contributed by atoms with Gasteiger partial charge in [-0.2, -0.15) is 0 Å². The lowest BCUT2D eigenvalue weighted by Crippen LogP contribution is -2.42. The van der Waals surface area contributed by atoms with Crippen LogP contribution in [-0.2, 0) is 14.3 Å². The number of hydrogen-bond acceptors (Lipinski definition) is 4. The van der Waals surface area contributed by atoms with Crippen LogP contribution in [0.5, 0.6) is 0 Å². The molecule has 2 aliphatic rings. The number of hydrogen-bond donors (Lipinski definition) is 2. The summed E-state index contributed by atoms with van der Waals surface area (Å²) < 4.78 is 12.7. The van der Waals surface area contributed by atoms with Crippen molar-refractivity contribution in [2.24, 2.45) is 0 Å². The van der Waals surface area contributed by atoms with Crippen LogP contribution in [0, 0.1) is 0 Å². The van der Waals surface area contributed by atoms with Gasteiger partial charge in [-0.05, 0) is 55.9 Å². The Morgan fingerprint density at radius 3 is 2.69 bits per heavy atom. The number of nitrogens with one attached hydrogen (secondary N) is 1. The first-order chi connectivity index (χ1) is 12.7. The highest BCUT2D eigenvalue weighted by Gasteiger charge is 2.30. The first-order valence-corrected chi connectivity index (χ1v) is 10.1. The molecule has 6 heteroatoms. The van der Waals surface area contributed by atoms with Crippen LogP contribution in [0.3, 0.4) is 0 Å². The summed E-state index contributed by atoms with van der Waals surface area (Å²) in [6, 6.07) is 8.39. The highest BCUT2D eigenvalue weighted by Crippen LogP contribution is 2.32. The number of allylic oxidation sites excluding steroid dienone is 1. The number of carbonyl (C=O) groups is 1. The van der Waals surface area contributed by atoms with Gasteiger partial charge in [-0.3, -0.25) is 4.79 Å². The fraction of sp³-hybridized carbons (Fsp3) is 0.550. The topological polar surface area (TPSA) is 67.8 Å². The fourth-order valence-electron chi connectivity index (χ4n) is 3.10. The Hall–Kier alpha value is -1.37. The van der Waals surface area contributed by atoms with Gasteiger partial charge < -0.3 is 19.9 Å². The largest absolute Gasteiger partial charge is 0.459 e. The van der Waals surface area contributed by atoms with Gasteiger partial charge in [-0.25, -0.2) is 0 Å². The number of carbonyl (C=O) groups excluding carboxylic acids is 1. The number of benzene rings is 1. The number of ether oxygens (including phenoxy) is 2. The molecule has 142 valence electrons. The smallest absolute Gasteiger partial charge is 0.286 e. The molecule has 0 spiro atoms. The van der Waals surface area contributed by atoms with E-state index in [2.05, 4.69) is 33.4 Å². The van der Waals surface area contributed by atoms with Crippen molar-refractivity contribution in [3.05, 3.63) is 46.1 Å². The van der Waals surface area contributed by atoms with Crippen LogP contribution < -0.4 is 5.32 Å². The molecule has 1 aliphatic carbocycles. The van der Waals surface area contributed by atoms with Gasteiger partial charge in [0.2, 0.25) is 6.29 Å². The van der Waals surface area contributed by atoms with Crippen LogP contribution in [0.25, 0.3) is 0 Å². The van der Waals surface area contributed by atoms with Gasteiger partial charge in [0, 0.05) is 29.5 Å². The number of rotatable bonds is 8. The minimum atomic E-state index is -0.450. The van der Waals surface area contributed by atoms with Crippen molar-refractivity contribution < 1.29 is 19.4 Å². The molecule has 1 amide bonds. The normalized spacial score (nSPS) is 22.9. The Morgan fingerprint density at radius 2 is 2.04 bits per heavy atom. The minimum absolute atomic E-state index is 0.0711. The molecule has 1 heterocycles. The molecule has 0 radical (unpaired) electrons. The summed E-state index contributed by atoms with van der Waals surface area (Å²) in [7, 11) is 0. The molecule has 0 bridgehead atoms. The molecule has 2 atom stereocenters. The molecular formula is C20H26BrNO4. The second-order valence-corrected chi connectivity index (χ2v) is 7.79. The van der Waals surface area contributed by atoms with E-state index in [1.54, 1.807) is 0 Å². The maximum absolute atomic E-state index is 12.6. The summed E-state index contributed by atoms with van der Waals surface area (Å²) in [4.78, 5) is 12.6. The van der Waals surface area contributed by atoms with Crippen LogP contribution >= 0.6 is 15.9 Å². The summed E-state index contributed by atoms with van der Waals surface area (Å²) >= 11 is 3.46. The lowest BCUT2D eigenvalue weighted by molar-refractivity contribution is -0.147. The van der Waals surface area contributed by atoms with E-state index < -0.39 is 6.29 Å². The van der Waals surface area contributed by atoms with Crippen LogP contribution in [0.2, 0.25) is 0 Å². The zero-order chi connectivity index (χ0) is 18.4. The standard InChI is InChI=1S/C20H26BrNO4/c21-16-8-6-14(7-9-16)15-12-18(20(24)22-17-4-3-5-17)26-19(13-15)25-11-2-1-10-23/h6-9,12,15,17,19,23H,1-5,10-11,13H2,(H,22,24)/t15-,19+/m0/s1. The SMILES string of the molecule is O=C(NC1CCC1)C1=C[C@H](c2ccc(Br)cc2)C[C@H](OCCCCO)O1. The summed E-state index contributed by atoms with van der Waals surface area (Å²) in [6.45, 7) is 0.668. The van der Waals surface area contributed by atoms with Crippen LogP contribution in [0.4, 0.5) is 0 Å². The Labute approximate surface area is 162 Å². The number of aliphatic hydroxyl groups is 1. The Morgan fingerprint density at radius 1 is 1.27 bits per heavy atom. The molecule has 0 unspecified atom stereocenters. The number of unbranched alkanes of at least 4 members (excludes halogenated alkanes) is 1. The zero-order valence-electron chi connectivity index (χ0n) is 14.8. The minimum Gasteiger partial charge on any atom is -0.459 e. The van der Waals surface area contributed by atoms with E-state index in [1.807, 2.05) is 18.2 Å². The van der Waals surface area contributed by atoms with Gasteiger partial charge >= 0.3 is 0 Å². The highest BCUT2D eigenvalue weighted by atomic mass is 79.9. The molecular weight excluding hydrogens is 398 g/mol. The third-order valence-corrected chi connectivity index (χ3v) is 5.40. The first kappa shape index (κ1) is 19.4. The van der Waals surface area contributed by atoms with E-state index in [0.29, 0.717) is 25.2 Å². The van der Waals surface area contributed by atoms with Crippen molar-refractivity contribution in [3.8, 4) is 0 Å². The monoisotopic (exact) mass is 423 g/mol. The molecule has 1 aromatic rings. The van der Waals surface area contributed by atoms with E-state index >= 15 is 0 Å². The van der Waals surface area contributed by atoms with E-state index in [9.17, 15) is 4.79 Å². The number of halogens is 1. The zero-order valence-corrected chi connectivity index (χ0v) is 16.4. The maximum Gasteiger partial charge on any atom is 0.286 e. The third kappa shape index (κ3) is 5.32. The van der Waals surface area contributed by atoms with Gasteiger partial charge in [-0.15, -0.1) is 0 Å². The molecule has 3 rings (SSSR count). The van der Waals surface area contributed by atoms with Gasteiger partial charge in [0.15, 0.2) is 5.76 Å². The van der Waals surface area contributed by atoms with Crippen molar-refractivity contribution in [3.63, 3.8) is 0 Å². The van der Waals surface area contributed by atoms with Crippen molar-refractivity contribution in [1.29, 1.82) is 0 Å². The molecule has 1 aliphatic heterocycles. The van der Waals surface area contributed by atoms with E-state index in [1.165, 1.54) is 6.42 Å². The molecule has 1 aromatic carbocycles. The molecule has 0 aromatic heterocycles. The van der Waals surface area contributed by atoms with Gasteiger partial charge in [0.1, 0.15) is 0 Å². The van der Waals surface area contributed by atoms with E-state index in [4.69, 9.17) is 14.6 Å². The molecule has 1 saturated carbocycles. The summed E-state index contributed by atoms with van der Waals surface area (Å²) in [5, 5.41) is 11.9. The highest BCUT2D eigenvalue weighted by molar-refractivity contribution is 9.10. The molecule has 1 fully saturated rings. The molecule has 5 nitrogen and oxygen atoms in total. The predicted octanol–water partition coefficient (Wildman–Crippen LogP) is 3.62. The summed E-state index contributed by atoms with van der Waals surface area (Å²) in [6.07, 6.45) is 6.84. The Bertz CT molecular complexity index is 627. The Kier molecular flexibility index (Phi) is 7.11. The maximum atomic E-state index is 12.6. The van der Waals surface area contributed by atoms with Crippen molar-refractivity contribution in [1.82, 2.24) is 5.32 Å². The third-order valence-electron chi connectivity index (χ3n) is 4.88. The quantitative estimate of drug-likeness (QED) is 0.626. The molecule has 26 heavy (non-hydrogen) atoms. The van der Waals surface area contributed by atoms with Crippen molar-refractivity contribution in [2.75, 3.05) is 13.2 Å². The molecule has 0 saturated heterocycles. The number of amides is 1. The fourth-order valence-corrected chi connectivity index (χ4v) is 3.36. The van der Waals surface area contributed by atoms with Crippen LogP contribution in [0.1, 0.15) is 50.0 Å². The predicted molar refractivity (Wildman–Crippen MR) is 103 cm³/mol. The van der Waals surface area contributed by atoms with Crippen LogP contribution in [-0.4, -0.2) is 36.6 Å². The second kappa shape index (κ2) is 9.53. The van der Waals surface area contributed by atoms with Crippen molar-refractivity contribution in [2.45, 2.75) is 56.8 Å².